The molecule has 2 aromatic rings. The van der Waals surface area contributed by atoms with Gasteiger partial charge in [-0.2, -0.15) is 11.8 Å². The van der Waals surface area contributed by atoms with Crippen LogP contribution in [0.5, 0.6) is 0 Å². The summed E-state index contributed by atoms with van der Waals surface area (Å²) in [6, 6.07) is 0. The highest BCUT2D eigenvalue weighted by Gasteiger charge is 2.14. The summed E-state index contributed by atoms with van der Waals surface area (Å²) in [5.41, 5.74) is 1.58. The molecule has 0 unspecified atom stereocenters. The molecular formula is C12H16N4O2S. The van der Waals surface area contributed by atoms with E-state index < -0.39 is 6.10 Å². The summed E-state index contributed by atoms with van der Waals surface area (Å²) in [6.45, 7) is 0.334. The van der Waals surface area contributed by atoms with E-state index in [0.29, 0.717) is 13.0 Å². The summed E-state index contributed by atoms with van der Waals surface area (Å²) in [7, 11) is 0. The van der Waals surface area contributed by atoms with E-state index >= 15 is 0 Å². The first kappa shape index (κ1) is 13.8. The van der Waals surface area contributed by atoms with E-state index in [4.69, 9.17) is 0 Å². The molecule has 0 radical (unpaired) electrons. The van der Waals surface area contributed by atoms with Crippen molar-refractivity contribution in [3.05, 3.63) is 30.5 Å². The summed E-state index contributed by atoms with van der Waals surface area (Å²) in [4.78, 5) is 19.8. The van der Waals surface area contributed by atoms with Gasteiger partial charge in [-0.05, 0) is 18.4 Å². The number of aliphatic hydroxyl groups excluding tert-OH is 1. The van der Waals surface area contributed by atoms with Gasteiger partial charge in [-0.25, -0.2) is 4.98 Å². The van der Waals surface area contributed by atoms with E-state index in [1.54, 1.807) is 36.5 Å². The molecule has 0 aliphatic heterocycles. The summed E-state index contributed by atoms with van der Waals surface area (Å²) in [5, 5.41) is 12.3. The zero-order valence-corrected chi connectivity index (χ0v) is 11.4. The van der Waals surface area contributed by atoms with Crippen LogP contribution in [0.1, 0.15) is 12.1 Å². The van der Waals surface area contributed by atoms with E-state index in [0.717, 1.165) is 17.1 Å². The van der Waals surface area contributed by atoms with Crippen LogP contribution in [-0.4, -0.2) is 43.5 Å². The van der Waals surface area contributed by atoms with Crippen molar-refractivity contribution in [3.8, 4) is 0 Å². The third-order valence-corrected chi connectivity index (χ3v) is 3.38. The molecule has 102 valence electrons. The molecule has 0 fully saturated rings. The van der Waals surface area contributed by atoms with Crippen LogP contribution in [0, 0.1) is 0 Å². The van der Waals surface area contributed by atoms with Crippen LogP contribution in [0.15, 0.2) is 24.8 Å². The van der Waals surface area contributed by atoms with Crippen molar-refractivity contribution in [2.24, 2.45) is 0 Å². The second-order valence-corrected chi connectivity index (χ2v) is 5.05. The fraction of sp³-hybridized carbons (Fsp3) is 0.417. The smallest absolute Gasteiger partial charge is 0.249 e. The first-order valence-electron chi connectivity index (χ1n) is 5.93. The lowest BCUT2D eigenvalue weighted by Gasteiger charge is -2.10. The molecule has 19 heavy (non-hydrogen) atoms. The number of hydrogen-bond acceptors (Lipinski definition) is 5. The van der Waals surface area contributed by atoms with Crippen LogP contribution in [-0.2, 0) is 11.3 Å². The highest BCUT2D eigenvalue weighted by molar-refractivity contribution is 7.98. The average Bonchev–Trinajstić information content (AvgIpc) is 2.85. The number of thioether (sulfide) groups is 1. The van der Waals surface area contributed by atoms with Gasteiger partial charge >= 0.3 is 0 Å². The van der Waals surface area contributed by atoms with Gasteiger partial charge in [0, 0.05) is 12.4 Å². The van der Waals surface area contributed by atoms with Gasteiger partial charge in [0.2, 0.25) is 5.91 Å². The molecule has 0 spiro atoms. The topological polar surface area (TPSA) is 79.5 Å². The maximum atomic E-state index is 11.7. The van der Waals surface area contributed by atoms with Crippen molar-refractivity contribution in [2.75, 3.05) is 12.0 Å². The monoisotopic (exact) mass is 280 g/mol. The summed E-state index contributed by atoms with van der Waals surface area (Å²) >= 11 is 1.60. The number of imidazole rings is 1. The molecule has 1 atom stereocenters. The fourth-order valence-corrected chi connectivity index (χ4v) is 2.14. The van der Waals surface area contributed by atoms with Crippen molar-refractivity contribution in [2.45, 2.75) is 19.1 Å². The number of rotatable bonds is 6. The van der Waals surface area contributed by atoms with E-state index in [1.165, 1.54) is 0 Å². The molecule has 0 aliphatic carbocycles. The number of nitrogens with one attached hydrogen (secondary N) is 1. The molecule has 1 amide bonds. The van der Waals surface area contributed by atoms with E-state index in [9.17, 15) is 9.90 Å². The highest BCUT2D eigenvalue weighted by Crippen LogP contribution is 2.05. The van der Waals surface area contributed by atoms with Gasteiger partial charge in [0.25, 0.3) is 0 Å². The van der Waals surface area contributed by atoms with Gasteiger partial charge in [-0.1, -0.05) is 0 Å². The molecule has 2 N–H and O–H groups in total. The third-order valence-electron chi connectivity index (χ3n) is 2.74. The minimum absolute atomic E-state index is 0.334. The zero-order valence-electron chi connectivity index (χ0n) is 10.6. The Balaban J connectivity index is 1.93. The summed E-state index contributed by atoms with van der Waals surface area (Å²) < 4.78 is 1.85. The molecule has 0 saturated carbocycles. The summed E-state index contributed by atoms with van der Waals surface area (Å²) in [6.07, 6.45) is 8.24. The van der Waals surface area contributed by atoms with E-state index in [2.05, 4.69) is 15.3 Å². The minimum Gasteiger partial charge on any atom is -0.383 e. The van der Waals surface area contributed by atoms with Crippen molar-refractivity contribution < 1.29 is 9.90 Å². The standard InChI is InChI=1S/C12H16N4O2S/c1-19-5-2-10(17)12(18)15-7-9-6-14-11-8-13-3-4-16(9)11/h3-4,6,8,10,17H,2,5,7H2,1H3,(H,15,18)/t10-/m0/s1. The van der Waals surface area contributed by atoms with Crippen LogP contribution in [0.2, 0.25) is 0 Å². The number of aliphatic hydroxyl groups is 1. The molecule has 7 heteroatoms. The average molecular weight is 280 g/mol. The lowest BCUT2D eigenvalue weighted by molar-refractivity contribution is -0.129. The molecule has 6 nitrogen and oxygen atoms in total. The third kappa shape index (κ3) is 3.45. The Labute approximate surface area is 115 Å². The summed E-state index contributed by atoms with van der Waals surface area (Å²) in [5.74, 6) is 0.411. The lowest BCUT2D eigenvalue weighted by Crippen LogP contribution is -2.34. The Hall–Kier alpha value is -1.60. The Kier molecular flexibility index (Phi) is 4.75. The van der Waals surface area contributed by atoms with Crippen molar-refractivity contribution in [1.82, 2.24) is 19.7 Å². The number of aromatic nitrogens is 3. The first-order chi connectivity index (χ1) is 9.22. The molecule has 2 rings (SSSR count). The van der Waals surface area contributed by atoms with Crippen LogP contribution in [0.25, 0.3) is 5.65 Å². The van der Waals surface area contributed by atoms with Gasteiger partial charge < -0.3 is 10.4 Å². The minimum atomic E-state index is -0.951. The molecule has 2 heterocycles. The number of carbonyl (C=O) groups excluding carboxylic acids is 1. The largest absolute Gasteiger partial charge is 0.383 e. The van der Waals surface area contributed by atoms with Crippen molar-refractivity contribution in [3.63, 3.8) is 0 Å². The van der Waals surface area contributed by atoms with E-state index in [-0.39, 0.29) is 5.91 Å². The Bertz CT molecular complexity index is 557. The second-order valence-electron chi connectivity index (χ2n) is 4.07. The van der Waals surface area contributed by atoms with Gasteiger partial charge in [0.15, 0.2) is 5.65 Å². The fourth-order valence-electron chi connectivity index (χ4n) is 1.68. The number of hydrogen-bond donors (Lipinski definition) is 2. The molecular weight excluding hydrogens is 264 g/mol. The molecule has 0 saturated heterocycles. The van der Waals surface area contributed by atoms with Crippen LogP contribution >= 0.6 is 11.8 Å². The Morgan fingerprint density at radius 2 is 2.42 bits per heavy atom. The number of carbonyl (C=O) groups is 1. The molecule has 0 aliphatic rings. The van der Waals surface area contributed by atoms with Crippen molar-refractivity contribution >= 4 is 23.3 Å². The normalized spacial score (nSPS) is 12.5. The molecule has 0 bridgehead atoms. The van der Waals surface area contributed by atoms with Crippen LogP contribution in [0.4, 0.5) is 0 Å². The Morgan fingerprint density at radius 3 is 3.21 bits per heavy atom. The maximum absolute atomic E-state index is 11.7. The predicted molar refractivity (Wildman–Crippen MR) is 73.8 cm³/mol. The highest BCUT2D eigenvalue weighted by atomic mass is 32.2. The van der Waals surface area contributed by atoms with Gasteiger partial charge in [0.05, 0.1) is 24.6 Å². The number of amides is 1. The number of fused-ring (bicyclic) bond motifs is 1. The quantitative estimate of drug-likeness (QED) is 0.803. The number of nitrogens with zero attached hydrogens (tertiary/aromatic N) is 3. The van der Waals surface area contributed by atoms with Gasteiger partial charge in [-0.15, -0.1) is 0 Å². The van der Waals surface area contributed by atoms with Crippen LogP contribution in [0.3, 0.4) is 0 Å². The Morgan fingerprint density at radius 1 is 1.58 bits per heavy atom. The lowest BCUT2D eigenvalue weighted by atomic mass is 10.2. The predicted octanol–water partition coefficient (Wildman–Crippen LogP) is 0.459. The molecule has 0 aromatic carbocycles. The zero-order chi connectivity index (χ0) is 13.7. The van der Waals surface area contributed by atoms with Crippen LogP contribution < -0.4 is 5.32 Å². The second kappa shape index (κ2) is 6.53. The van der Waals surface area contributed by atoms with Gasteiger partial charge in [-0.3, -0.25) is 14.2 Å². The first-order valence-corrected chi connectivity index (χ1v) is 7.32. The van der Waals surface area contributed by atoms with Crippen molar-refractivity contribution in [1.29, 1.82) is 0 Å². The molecule has 2 aromatic heterocycles. The maximum Gasteiger partial charge on any atom is 0.249 e. The van der Waals surface area contributed by atoms with E-state index in [1.807, 2.05) is 10.7 Å². The van der Waals surface area contributed by atoms with Gasteiger partial charge in [0.1, 0.15) is 6.10 Å². The SMILES string of the molecule is CSCC[C@H](O)C(=O)NCc1cnc2cnccn12.